The van der Waals surface area contributed by atoms with E-state index in [0.717, 1.165) is 25.7 Å². The molecule has 1 N–H and O–H groups in total. The number of tetrazole rings is 1. The third-order valence-corrected chi connectivity index (χ3v) is 6.14. The first-order valence-electron chi connectivity index (χ1n) is 9.98. The molecule has 7 heteroatoms. The van der Waals surface area contributed by atoms with Crippen molar-refractivity contribution in [3.8, 4) is 0 Å². The van der Waals surface area contributed by atoms with E-state index in [-0.39, 0.29) is 18.2 Å². The Morgan fingerprint density at radius 1 is 1.15 bits per heavy atom. The highest BCUT2D eigenvalue weighted by Gasteiger charge is 2.41. The van der Waals surface area contributed by atoms with Gasteiger partial charge in [-0.1, -0.05) is 35.4 Å². The van der Waals surface area contributed by atoms with Crippen molar-refractivity contribution < 1.29 is 9.84 Å². The van der Waals surface area contributed by atoms with E-state index in [2.05, 4.69) is 57.7 Å². The average Bonchev–Trinajstić information content (AvgIpc) is 3.22. The molecule has 1 aromatic heterocycles. The molecule has 1 saturated carbocycles. The number of hydrogen-bond acceptors (Lipinski definition) is 6. The van der Waals surface area contributed by atoms with Gasteiger partial charge >= 0.3 is 0 Å². The molecule has 0 amide bonds. The molecule has 2 aliphatic rings. The highest BCUT2D eigenvalue weighted by Crippen LogP contribution is 2.35. The summed E-state index contributed by atoms with van der Waals surface area (Å²) in [7, 11) is 1.83. The first-order chi connectivity index (χ1) is 13.1. The third kappa shape index (κ3) is 3.84. The molecule has 4 rings (SSSR count). The van der Waals surface area contributed by atoms with E-state index in [9.17, 15) is 5.11 Å². The van der Waals surface area contributed by atoms with Gasteiger partial charge in [-0.15, -0.1) is 0 Å². The lowest BCUT2D eigenvalue weighted by atomic mass is 9.83. The van der Waals surface area contributed by atoms with Gasteiger partial charge < -0.3 is 14.7 Å². The van der Waals surface area contributed by atoms with Crippen LogP contribution >= 0.6 is 0 Å². The Bertz CT molecular complexity index is 729. The second kappa shape index (κ2) is 7.94. The van der Waals surface area contributed by atoms with Crippen LogP contribution in [-0.2, 0) is 11.8 Å². The van der Waals surface area contributed by atoms with Gasteiger partial charge in [0.2, 0.25) is 5.95 Å². The number of hydrogen-bond donors (Lipinski definition) is 1. The van der Waals surface area contributed by atoms with Crippen molar-refractivity contribution in [1.82, 2.24) is 20.2 Å². The molecule has 3 atom stereocenters. The molecule has 1 aliphatic carbocycles. The summed E-state index contributed by atoms with van der Waals surface area (Å²) in [6.07, 6.45) is 5.03. The molecular formula is C20H29N5O2. The number of benzene rings is 1. The Morgan fingerprint density at radius 2 is 1.89 bits per heavy atom. The van der Waals surface area contributed by atoms with Gasteiger partial charge in [0, 0.05) is 13.1 Å². The number of aryl methyl sites for hydroxylation is 1. The minimum absolute atomic E-state index is 0.100. The molecular weight excluding hydrogens is 342 g/mol. The summed E-state index contributed by atoms with van der Waals surface area (Å²) in [6, 6.07) is 10.9. The van der Waals surface area contributed by atoms with Gasteiger partial charge in [0.15, 0.2) is 0 Å². The van der Waals surface area contributed by atoms with Crippen LogP contribution in [0.25, 0.3) is 0 Å². The molecule has 7 nitrogen and oxygen atoms in total. The zero-order valence-electron chi connectivity index (χ0n) is 16.1. The second-order valence-corrected chi connectivity index (χ2v) is 7.95. The lowest BCUT2D eigenvalue weighted by molar-refractivity contribution is 0.00112. The summed E-state index contributed by atoms with van der Waals surface area (Å²) in [5.74, 6) is 1.34. The fourth-order valence-corrected chi connectivity index (χ4v) is 4.64. The van der Waals surface area contributed by atoms with Crippen LogP contribution in [0.5, 0.6) is 0 Å². The normalized spacial score (nSPS) is 31.4. The predicted octanol–water partition coefficient (Wildman–Crippen LogP) is 2.28. The number of anilines is 1. The Morgan fingerprint density at radius 3 is 2.56 bits per heavy atom. The first-order valence-corrected chi connectivity index (χ1v) is 9.98. The lowest BCUT2D eigenvalue weighted by Gasteiger charge is -2.33. The van der Waals surface area contributed by atoms with Gasteiger partial charge in [-0.3, -0.25) is 0 Å². The Balaban J connectivity index is 1.34. The maximum atomic E-state index is 10.5. The van der Waals surface area contributed by atoms with Crippen LogP contribution in [0.3, 0.4) is 0 Å². The van der Waals surface area contributed by atoms with Crippen molar-refractivity contribution in [1.29, 1.82) is 0 Å². The SMILES string of the molecule is C[C@@H]1CC(O)[C@H](CO[C@H]2CC[C@@H](c3ccccc3)CC2)N1c1nnnn1C. The molecule has 2 fully saturated rings. The van der Waals surface area contributed by atoms with E-state index in [1.165, 1.54) is 5.56 Å². The topological polar surface area (TPSA) is 76.3 Å². The molecule has 1 unspecified atom stereocenters. The van der Waals surface area contributed by atoms with Gasteiger partial charge in [-0.2, -0.15) is 0 Å². The minimum Gasteiger partial charge on any atom is -0.391 e. The largest absolute Gasteiger partial charge is 0.391 e. The summed E-state index contributed by atoms with van der Waals surface area (Å²) in [5.41, 5.74) is 1.44. The highest BCUT2D eigenvalue weighted by molar-refractivity contribution is 5.35. The van der Waals surface area contributed by atoms with Gasteiger partial charge in [0.05, 0.1) is 24.9 Å². The van der Waals surface area contributed by atoms with E-state index in [1.807, 2.05) is 7.05 Å². The molecule has 0 radical (unpaired) electrons. The molecule has 27 heavy (non-hydrogen) atoms. The van der Waals surface area contributed by atoms with Gasteiger partial charge in [0.1, 0.15) is 0 Å². The van der Waals surface area contributed by atoms with E-state index < -0.39 is 6.10 Å². The van der Waals surface area contributed by atoms with E-state index in [0.29, 0.717) is 24.9 Å². The zero-order valence-corrected chi connectivity index (χ0v) is 16.1. The molecule has 2 aromatic rings. The summed E-state index contributed by atoms with van der Waals surface area (Å²) >= 11 is 0. The number of ether oxygens (including phenoxy) is 1. The van der Waals surface area contributed by atoms with Crippen molar-refractivity contribution >= 4 is 5.95 Å². The second-order valence-electron chi connectivity index (χ2n) is 7.95. The maximum Gasteiger partial charge on any atom is 0.245 e. The number of nitrogens with zero attached hydrogens (tertiary/aromatic N) is 5. The van der Waals surface area contributed by atoms with Crippen molar-refractivity contribution in [2.75, 3.05) is 11.5 Å². The van der Waals surface area contributed by atoms with Crippen LogP contribution in [0, 0.1) is 0 Å². The number of aliphatic hydroxyl groups is 1. The van der Waals surface area contributed by atoms with Gasteiger partial charge in [-0.25, -0.2) is 4.68 Å². The molecule has 0 bridgehead atoms. The lowest BCUT2D eigenvalue weighted by Crippen LogP contribution is -2.44. The highest BCUT2D eigenvalue weighted by atomic mass is 16.5. The maximum absolute atomic E-state index is 10.5. The quantitative estimate of drug-likeness (QED) is 0.869. The third-order valence-electron chi connectivity index (χ3n) is 6.14. The van der Waals surface area contributed by atoms with E-state index >= 15 is 0 Å². The van der Waals surface area contributed by atoms with Crippen LogP contribution in [-0.4, -0.2) is 56.2 Å². The first kappa shape index (κ1) is 18.4. The Hall–Kier alpha value is -1.99. The van der Waals surface area contributed by atoms with Crippen LogP contribution < -0.4 is 4.90 Å². The fraction of sp³-hybridized carbons (Fsp3) is 0.650. The summed E-state index contributed by atoms with van der Waals surface area (Å²) in [5, 5.41) is 22.4. The van der Waals surface area contributed by atoms with E-state index in [1.54, 1.807) is 4.68 Å². The zero-order chi connectivity index (χ0) is 18.8. The summed E-state index contributed by atoms with van der Waals surface area (Å²) in [4.78, 5) is 2.11. The molecule has 1 aromatic carbocycles. The van der Waals surface area contributed by atoms with Crippen molar-refractivity contribution in [3.05, 3.63) is 35.9 Å². The van der Waals surface area contributed by atoms with Gasteiger partial charge in [0.25, 0.3) is 0 Å². The van der Waals surface area contributed by atoms with Gasteiger partial charge in [-0.05, 0) is 60.9 Å². The Kier molecular flexibility index (Phi) is 5.41. The fourth-order valence-electron chi connectivity index (χ4n) is 4.64. The monoisotopic (exact) mass is 371 g/mol. The molecule has 1 saturated heterocycles. The van der Waals surface area contributed by atoms with Crippen LogP contribution in [0.1, 0.15) is 50.5 Å². The van der Waals surface area contributed by atoms with E-state index in [4.69, 9.17) is 4.74 Å². The molecule has 2 heterocycles. The molecule has 1 aliphatic heterocycles. The molecule has 146 valence electrons. The van der Waals surface area contributed by atoms with Crippen LogP contribution in [0.2, 0.25) is 0 Å². The van der Waals surface area contributed by atoms with Crippen molar-refractivity contribution in [2.45, 2.75) is 69.2 Å². The summed E-state index contributed by atoms with van der Waals surface area (Å²) in [6.45, 7) is 2.61. The standard InChI is InChI=1S/C20H29N5O2/c1-14-12-19(26)18(25(14)20-21-22-23-24(20)2)13-27-17-10-8-16(9-11-17)15-6-4-3-5-7-15/h3-7,14,16-19,26H,8-13H2,1-2H3/t14-,16-,17+,18+,19?/m1/s1. The average molecular weight is 371 g/mol. The van der Waals surface area contributed by atoms with Crippen LogP contribution in [0.4, 0.5) is 5.95 Å². The molecule has 0 spiro atoms. The minimum atomic E-state index is -0.419. The van der Waals surface area contributed by atoms with Crippen LogP contribution in [0.15, 0.2) is 30.3 Å². The Labute approximate surface area is 160 Å². The van der Waals surface area contributed by atoms with Crippen molar-refractivity contribution in [2.24, 2.45) is 7.05 Å². The van der Waals surface area contributed by atoms with Crippen molar-refractivity contribution in [3.63, 3.8) is 0 Å². The summed E-state index contributed by atoms with van der Waals surface area (Å²) < 4.78 is 7.92. The predicted molar refractivity (Wildman–Crippen MR) is 103 cm³/mol. The number of rotatable bonds is 5. The smallest absolute Gasteiger partial charge is 0.245 e. The number of aromatic nitrogens is 4. The number of aliphatic hydroxyl groups excluding tert-OH is 1.